The molecular formula is C14H20N2O3. The summed E-state index contributed by atoms with van der Waals surface area (Å²) >= 11 is 0. The van der Waals surface area contributed by atoms with E-state index in [1.54, 1.807) is 19.9 Å². The number of anilines is 1. The molecule has 3 N–H and O–H groups in total. The van der Waals surface area contributed by atoms with E-state index < -0.39 is 11.5 Å². The number of aryl methyl sites for hydroxylation is 1. The molecule has 0 heterocycles. The molecule has 19 heavy (non-hydrogen) atoms. The molecule has 0 aromatic heterocycles. The number of carboxylic acids is 1. The Kier molecular flexibility index (Phi) is 4.67. The van der Waals surface area contributed by atoms with Crippen LogP contribution >= 0.6 is 0 Å². The zero-order valence-corrected chi connectivity index (χ0v) is 11.5. The van der Waals surface area contributed by atoms with E-state index in [1.165, 1.54) is 4.90 Å². The van der Waals surface area contributed by atoms with Crippen LogP contribution < -0.4 is 10.6 Å². The Hall–Kier alpha value is -1.88. The average molecular weight is 264 g/mol. The minimum absolute atomic E-state index is 0.111. The quantitative estimate of drug-likeness (QED) is 0.845. The lowest BCUT2D eigenvalue weighted by atomic mass is 10.0. The molecule has 104 valence electrons. The third kappa shape index (κ3) is 4.06. The van der Waals surface area contributed by atoms with Crippen LogP contribution in [-0.2, 0) is 9.59 Å². The van der Waals surface area contributed by atoms with Gasteiger partial charge >= 0.3 is 5.97 Å². The summed E-state index contributed by atoms with van der Waals surface area (Å²) in [5.74, 6) is -1.23. The molecule has 0 saturated carbocycles. The summed E-state index contributed by atoms with van der Waals surface area (Å²) < 4.78 is 0. The molecule has 0 spiro atoms. The van der Waals surface area contributed by atoms with Gasteiger partial charge < -0.3 is 15.7 Å². The highest BCUT2D eigenvalue weighted by Gasteiger charge is 2.29. The van der Waals surface area contributed by atoms with Crippen molar-refractivity contribution in [3.63, 3.8) is 0 Å². The zero-order valence-electron chi connectivity index (χ0n) is 11.5. The van der Waals surface area contributed by atoms with Crippen LogP contribution in [0.25, 0.3) is 0 Å². The standard InChI is InChI=1S/C14H20N2O3/c1-10-6-4-5-7-11(10)16(9-8-12(17)18)13(19)14(2,3)15/h4-7H,8-9,15H2,1-3H3,(H,17,18). The van der Waals surface area contributed by atoms with E-state index in [9.17, 15) is 9.59 Å². The molecule has 0 fully saturated rings. The fourth-order valence-corrected chi connectivity index (χ4v) is 1.75. The topological polar surface area (TPSA) is 83.6 Å². The van der Waals surface area contributed by atoms with Crippen molar-refractivity contribution in [1.82, 2.24) is 0 Å². The fraction of sp³-hybridized carbons (Fsp3) is 0.429. The summed E-state index contributed by atoms with van der Waals surface area (Å²) in [7, 11) is 0. The normalized spacial score (nSPS) is 11.2. The summed E-state index contributed by atoms with van der Waals surface area (Å²) in [6.45, 7) is 5.21. The summed E-state index contributed by atoms with van der Waals surface area (Å²) in [5, 5.41) is 8.79. The molecule has 1 aromatic carbocycles. The van der Waals surface area contributed by atoms with E-state index in [2.05, 4.69) is 0 Å². The highest BCUT2D eigenvalue weighted by molar-refractivity contribution is 6.00. The number of benzene rings is 1. The van der Waals surface area contributed by atoms with Crippen LogP contribution in [0.5, 0.6) is 0 Å². The Bertz CT molecular complexity index is 478. The first-order chi connectivity index (χ1) is 8.73. The smallest absolute Gasteiger partial charge is 0.305 e. The predicted octanol–water partition coefficient (Wildman–Crippen LogP) is 1.54. The number of carbonyl (C=O) groups excluding carboxylic acids is 1. The molecule has 0 radical (unpaired) electrons. The molecule has 0 aliphatic rings. The Balaban J connectivity index is 3.09. The molecule has 0 saturated heterocycles. The van der Waals surface area contributed by atoms with Gasteiger partial charge in [-0.15, -0.1) is 0 Å². The van der Waals surface area contributed by atoms with E-state index in [-0.39, 0.29) is 18.9 Å². The lowest BCUT2D eigenvalue weighted by Crippen LogP contribution is -2.52. The fourth-order valence-electron chi connectivity index (χ4n) is 1.75. The van der Waals surface area contributed by atoms with Crippen LogP contribution in [-0.4, -0.2) is 29.1 Å². The van der Waals surface area contributed by atoms with Crippen molar-refractivity contribution in [2.24, 2.45) is 5.73 Å². The van der Waals surface area contributed by atoms with Crippen LogP contribution in [0.15, 0.2) is 24.3 Å². The van der Waals surface area contributed by atoms with Gasteiger partial charge in [-0.3, -0.25) is 9.59 Å². The average Bonchev–Trinajstić information content (AvgIpc) is 2.29. The molecule has 1 aromatic rings. The summed E-state index contributed by atoms with van der Waals surface area (Å²) in [4.78, 5) is 24.5. The number of carbonyl (C=O) groups is 2. The second-order valence-corrected chi connectivity index (χ2v) is 5.11. The predicted molar refractivity (Wildman–Crippen MR) is 74.1 cm³/mol. The van der Waals surface area contributed by atoms with Crippen LogP contribution in [0.2, 0.25) is 0 Å². The van der Waals surface area contributed by atoms with Crippen molar-refractivity contribution in [1.29, 1.82) is 0 Å². The number of hydrogen-bond acceptors (Lipinski definition) is 3. The van der Waals surface area contributed by atoms with Crippen LogP contribution in [0.3, 0.4) is 0 Å². The summed E-state index contributed by atoms with van der Waals surface area (Å²) in [6, 6.07) is 7.35. The molecule has 5 nitrogen and oxygen atoms in total. The van der Waals surface area contributed by atoms with Crippen molar-refractivity contribution in [2.45, 2.75) is 32.7 Å². The molecule has 0 aliphatic heterocycles. The van der Waals surface area contributed by atoms with Crippen molar-refractivity contribution in [3.8, 4) is 0 Å². The molecule has 0 unspecified atom stereocenters. The number of hydrogen-bond donors (Lipinski definition) is 2. The highest BCUT2D eigenvalue weighted by Crippen LogP contribution is 2.22. The van der Waals surface area contributed by atoms with Crippen molar-refractivity contribution >= 4 is 17.6 Å². The Morgan fingerprint density at radius 1 is 1.32 bits per heavy atom. The lowest BCUT2D eigenvalue weighted by molar-refractivity contribution is -0.136. The van der Waals surface area contributed by atoms with Gasteiger partial charge in [0.2, 0.25) is 5.91 Å². The maximum absolute atomic E-state index is 12.3. The number of nitrogens with zero attached hydrogens (tertiary/aromatic N) is 1. The maximum atomic E-state index is 12.3. The van der Waals surface area contributed by atoms with E-state index in [0.29, 0.717) is 5.69 Å². The molecule has 1 rings (SSSR count). The molecule has 1 amide bonds. The van der Waals surface area contributed by atoms with Crippen LogP contribution in [0.1, 0.15) is 25.8 Å². The first-order valence-electron chi connectivity index (χ1n) is 6.11. The maximum Gasteiger partial charge on any atom is 0.305 e. The van der Waals surface area contributed by atoms with Crippen molar-refractivity contribution < 1.29 is 14.7 Å². The second kappa shape index (κ2) is 5.84. The number of aliphatic carboxylic acids is 1. The van der Waals surface area contributed by atoms with Crippen LogP contribution in [0.4, 0.5) is 5.69 Å². The second-order valence-electron chi connectivity index (χ2n) is 5.11. The number of nitrogens with two attached hydrogens (primary N) is 1. The SMILES string of the molecule is Cc1ccccc1N(CCC(=O)O)C(=O)C(C)(C)N. The number of amides is 1. The summed E-state index contributed by atoms with van der Waals surface area (Å²) in [5.41, 5.74) is 6.40. The van der Waals surface area contributed by atoms with Gasteiger partial charge in [0, 0.05) is 12.2 Å². The molecular weight excluding hydrogens is 244 g/mol. The third-order valence-electron chi connectivity index (χ3n) is 2.75. The number of para-hydroxylation sites is 1. The van der Waals surface area contributed by atoms with Gasteiger partial charge in [-0.25, -0.2) is 0 Å². The largest absolute Gasteiger partial charge is 0.481 e. The first kappa shape index (κ1) is 15.2. The van der Waals surface area contributed by atoms with E-state index in [0.717, 1.165) is 5.56 Å². The lowest BCUT2D eigenvalue weighted by Gasteiger charge is -2.30. The van der Waals surface area contributed by atoms with Gasteiger partial charge in [-0.05, 0) is 32.4 Å². The van der Waals surface area contributed by atoms with E-state index in [4.69, 9.17) is 10.8 Å². The Morgan fingerprint density at radius 2 is 1.89 bits per heavy atom. The number of rotatable bonds is 5. The molecule has 0 bridgehead atoms. The first-order valence-corrected chi connectivity index (χ1v) is 6.11. The summed E-state index contributed by atoms with van der Waals surface area (Å²) in [6.07, 6.45) is -0.115. The highest BCUT2D eigenvalue weighted by atomic mass is 16.4. The van der Waals surface area contributed by atoms with Gasteiger partial charge in [0.15, 0.2) is 0 Å². The minimum Gasteiger partial charge on any atom is -0.481 e. The molecule has 0 aliphatic carbocycles. The van der Waals surface area contributed by atoms with Crippen molar-refractivity contribution in [2.75, 3.05) is 11.4 Å². The number of carboxylic acid groups (broad SMARTS) is 1. The Labute approximate surface area is 113 Å². The van der Waals surface area contributed by atoms with Gasteiger partial charge in [-0.2, -0.15) is 0 Å². The zero-order chi connectivity index (χ0) is 14.6. The van der Waals surface area contributed by atoms with E-state index >= 15 is 0 Å². The monoisotopic (exact) mass is 264 g/mol. The van der Waals surface area contributed by atoms with Gasteiger partial charge in [0.25, 0.3) is 0 Å². The minimum atomic E-state index is -1.04. The Morgan fingerprint density at radius 3 is 2.37 bits per heavy atom. The van der Waals surface area contributed by atoms with E-state index in [1.807, 2.05) is 25.1 Å². The van der Waals surface area contributed by atoms with Crippen molar-refractivity contribution in [3.05, 3.63) is 29.8 Å². The molecule has 5 heteroatoms. The third-order valence-corrected chi connectivity index (χ3v) is 2.75. The van der Waals surface area contributed by atoms with Gasteiger partial charge in [0.05, 0.1) is 12.0 Å². The van der Waals surface area contributed by atoms with Crippen LogP contribution in [0, 0.1) is 6.92 Å². The van der Waals surface area contributed by atoms with Gasteiger partial charge in [0.1, 0.15) is 0 Å². The van der Waals surface area contributed by atoms with Gasteiger partial charge in [-0.1, -0.05) is 18.2 Å². The molecule has 0 atom stereocenters.